The molecule has 0 aliphatic carbocycles. The van der Waals surface area contributed by atoms with Crippen LogP contribution in [0.5, 0.6) is 0 Å². The Labute approximate surface area is 167 Å². The molecule has 0 N–H and O–H groups in total. The molecule has 0 saturated carbocycles. The number of nitrogens with zero attached hydrogens (tertiary/aromatic N) is 7. The number of aromatic nitrogens is 6. The molecule has 3 aromatic heterocycles. The lowest BCUT2D eigenvalue weighted by Crippen LogP contribution is -2.36. The third-order valence-corrected chi connectivity index (χ3v) is 4.74. The molecule has 1 aliphatic rings. The van der Waals surface area contributed by atoms with Crippen molar-refractivity contribution in [2.75, 3.05) is 6.54 Å². The normalized spacial score (nSPS) is 14.2. The number of pyridine rings is 1. The van der Waals surface area contributed by atoms with E-state index >= 15 is 0 Å². The van der Waals surface area contributed by atoms with Gasteiger partial charge in [-0.3, -0.25) is 9.48 Å². The van der Waals surface area contributed by atoms with Crippen molar-refractivity contribution in [1.29, 1.82) is 0 Å². The summed E-state index contributed by atoms with van der Waals surface area (Å²) >= 11 is 0. The monoisotopic (exact) mass is 421 g/mol. The summed E-state index contributed by atoms with van der Waals surface area (Å²) in [6.07, 6.45) is -2.21. The number of alkyl halides is 3. The van der Waals surface area contributed by atoms with Crippen molar-refractivity contribution in [3.8, 4) is 5.82 Å². The Hall–Kier alpha value is -3.57. The molecule has 0 radical (unpaired) electrons. The minimum absolute atomic E-state index is 0.0651. The average Bonchev–Trinajstić information content (AvgIpc) is 3.34. The van der Waals surface area contributed by atoms with Crippen molar-refractivity contribution in [3.63, 3.8) is 0 Å². The average molecular weight is 421 g/mol. The van der Waals surface area contributed by atoms with Gasteiger partial charge in [0.05, 0.1) is 17.0 Å². The van der Waals surface area contributed by atoms with E-state index in [1.807, 2.05) is 6.92 Å². The van der Waals surface area contributed by atoms with E-state index in [4.69, 9.17) is 0 Å². The van der Waals surface area contributed by atoms with Crippen molar-refractivity contribution in [3.05, 3.63) is 59.6 Å². The van der Waals surface area contributed by atoms with Gasteiger partial charge in [0.2, 0.25) is 0 Å². The molecule has 4 heterocycles. The Kier molecular flexibility index (Phi) is 4.63. The molecule has 1 aliphatic heterocycles. The lowest BCUT2D eigenvalue weighted by atomic mass is 10.1. The van der Waals surface area contributed by atoms with Gasteiger partial charge in [-0.05, 0) is 13.0 Å². The predicted octanol–water partition coefficient (Wildman–Crippen LogP) is 2.71. The van der Waals surface area contributed by atoms with E-state index in [-0.39, 0.29) is 18.7 Å². The molecule has 0 atom stereocenters. The predicted molar refractivity (Wildman–Crippen MR) is 95.8 cm³/mol. The zero-order valence-electron chi connectivity index (χ0n) is 15.7. The van der Waals surface area contributed by atoms with Crippen molar-refractivity contribution in [2.24, 2.45) is 0 Å². The fourth-order valence-electron chi connectivity index (χ4n) is 3.23. The van der Waals surface area contributed by atoms with Gasteiger partial charge in [-0.1, -0.05) is 11.8 Å². The third kappa shape index (κ3) is 3.13. The van der Waals surface area contributed by atoms with Gasteiger partial charge in [0.15, 0.2) is 17.3 Å². The van der Waals surface area contributed by atoms with Crippen LogP contribution in [-0.2, 0) is 19.1 Å². The number of halogens is 4. The standard InChI is InChI=1S/C18H15F4N7O/c1-3-27-8-6-13(25-27)29-12-5-9-28(10(2)15(12)24-26-29)17(30)11-4-7-23-16(14(11)19)18(20,21)22/h4,6-8H,2-3,5,9H2,1H3. The smallest absolute Gasteiger partial charge is 0.306 e. The van der Waals surface area contributed by atoms with Crippen LogP contribution in [0.15, 0.2) is 31.1 Å². The number of rotatable bonds is 3. The Morgan fingerprint density at radius 2 is 2.07 bits per heavy atom. The number of fused-ring (bicyclic) bond motifs is 1. The highest BCUT2D eigenvalue weighted by Gasteiger charge is 2.39. The van der Waals surface area contributed by atoms with Crippen LogP contribution in [0.3, 0.4) is 0 Å². The summed E-state index contributed by atoms with van der Waals surface area (Å²) < 4.78 is 56.4. The van der Waals surface area contributed by atoms with Crippen LogP contribution in [0.4, 0.5) is 17.6 Å². The summed E-state index contributed by atoms with van der Waals surface area (Å²) in [4.78, 5) is 16.9. The van der Waals surface area contributed by atoms with Crippen LogP contribution in [0.1, 0.15) is 34.4 Å². The van der Waals surface area contributed by atoms with Gasteiger partial charge in [0.1, 0.15) is 5.69 Å². The van der Waals surface area contributed by atoms with E-state index in [0.717, 1.165) is 17.2 Å². The quantitative estimate of drug-likeness (QED) is 0.608. The van der Waals surface area contributed by atoms with Crippen molar-refractivity contribution in [2.45, 2.75) is 26.1 Å². The molecule has 4 rings (SSSR count). The summed E-state index contributed by atoms with van der Waals surface area (Å²) in [5, 5.41) is 12.4. The van der Waals surface area contributed by atoms with Crippen LogP contribution >= 0.6 is 0 Å². The number of carbonyl (C=O) groups is 1. The molecule has 1 amide bonds. The lowest BCUT2D eigenvalue weighted by Gasteiger charge is -2.28. The molecule has 12 heteroatoms. The first-order valence-electron chi connectivity index (χ1n) is 8.93. The Morgan fingerprint density at radius 1 is 1.30 bits per heavy atom. The van der Waals surface area contributed by atoms with E-state index in [1.54, 1.807) is 16.9 Å². The fourth-order valence-corrected chi connectivity index (χ4v) is 3.23. The molecule has 0 spiro atoms. The molecule has 3 aromatic rings. The topological polar surface area (TPSA) is 81.7 Å². The Bertz CT molecular complexity index is 1150. The highest BCUT2D eigenvalue weighted by Crippen LogP contribution is 2.33. The number of carbonyl (C=O) groups excluding carboxylic acids is 1. The summed E-state index contributed by atoms with van der Waals surface area (Å²) in [6.45, 7) is 6.48. The zero-order chi connectivity index (χ0) is 21.6. The van der Waals surface area contributed by atoms with E-state index in [1.165, 1.54) is 4.68 Å². The van der Waals surface area contributed by atoms with Gasteiger partial charge < -0.3 is 4.90 Å². The van der Waals surface area contributed by atoms with Gasteiger partial charge in [0, 0.05) is 38.0 Å². The van der Waals surface area contributed by atoms with Crippen LogP contribution in [0.2, 0.25) is 0 Å². The number of amides is 1. The van der Waals surface area contributed by atoms with Gasteiger partial charge in [-0.15, -0.1) is 5.10 Å². The van der Waals surface area contributed by atoms with E-state index in [9.17, 15) is 22.4 Å². The number of hydrogen-bond donors (Lipinski definition) is 0. The molecular weight excluding hydrogens is 406 g/mol. The molecule has 0 fully saturated rings. The second-order valence-corrected chi connectivity index (χ2v) is 6.50. The largest absolute Gasteiger partial charge is 0.436 e. The first kappa shape index (κ1) is 19.7. The SMILES string of the molecule is C=C1c2nnn(-c3ccn(CC)n3)c2CCN1C(=O)c1ccnc(C(F)(F)F)c1F. The molecule has 0 bridgehead atoms. The summed E-state index contributed by atoms with van der Waals surface area (Å²) in [6, 6.07) is 2.66. The Morgan fingerprint density at radius 3 is 2.73 bits per heavy atom. The minimum Gasteiger partial charge on any atom is -0.306 e. The van der Waals surface area contributed by atoms with Crippen molar-refractivity contribution < 1.29 is 22.4 Å². The van der Waals surface area contributed by atoms with E-state index in [0.29, 0.717) is 23.8 Å². The molecule has 8 nitrogen and oxygen atoms in total. The second kappa shape index (κ2) is 7.04. The maximum atomic E-state index is 14.4. The molecule has 156 valence electrons. The van der Waals surface area contributed by atoms with Crippen LogP contribution in [0.25, 0.3) is 11.5 Å². The van der Waals surface area contributed by atoms with Gasteiger partial charge in [-0.2, -0.15) is 23.0 Å². The fraction of sp³-hybridized carbons (Fsp3) is 0.278. The summed E-state index contributed by atoms with van der Waals surface area (Å²) in [7, 11) is 0. The highest BCUT2D eigenvalue weighted by atomic mass is 19.4. The van der Waals surface area contributed by atoms with E-state index in [2.05, 4.69) is 27.0 Å². The first-order valence-corrected chi connectivity index (χ1v) is 8.93. The van der Waals surface area contributed by atoms with Crippen molar-refractivity contribution >= 4 is 11.6 Å². The highest BCUT2D eigenvalue weighted by molar-refractivity contribution is 6.00. The lowest BCUT2D eigenvalue weighted by molar-refractivity contribution is -0.143. The molecule has 0 unspecified atom stereocenters. The second-order valence-electron chi connectivity index (χ2n) is 6.50. The molecule has 0 saturated heterocycles. The summed E-state index contributed by atoms with van der Waals surface area (Å²) in [5.74, 6) is -2.14. The van der Waals surface area contributed by atoms with Gasteiger partial charge in [-0.25, -0.2) is 9.37 Å². The van der Waals surface area contributed by atoms with Crippen molar-refractivity contribution in [1.82, 2.24) is 34.7 Å². The van der Waals surface area contributed by atoms with E-state index < -0.39 is 29.2 Å². The minimum atomic E-state index is -5.02. The maximum absolute atomic E-state index is 14.4. The maximum Gasteiger partial charge on any atom is 0.436 e. The van der Waals surface area contributed by atoms with Crippen LogP contribution < -0.4 is 0 Å². The van der Waals surface area contributed by atoms with Gasteiger partial charge >= 0.3 is 6.18 Å². The number of hydrogen-bond acceptors (Lipinski definition) is 5. The third-order valence-electron chi connectivity index (χ3n) is 4.74. The number of aryl methyl sites for hydroxylation is 1. The van der Waals surface area contributed by atoms with Crippen LogP contribution in [0, 0.1) is 5.82 Å². The molecule has 0 aromatic carbocycles. The molecule has 30 heavy (non-hydrogen) atoms. The first-order chi connectivity index (χ1) is 14.2. The molecular formula is C18H15F4N7O. The summed E-state index contributed by atoms with van der Waals surface area (Å²) in [5.41, 5.74) is -1.42. The van der Waals surface area contributed by atoms with Gasteiger partial charge in [0.25, 0.3) is 5.91 Å². The Balaban J connectivity index is 1.66. The van der Waals surface area contributed by atoms with Crippen LogP contribution in [-0.4, -0.2) is 47.1 Å². The zero-order valence-corrected chi connectivity index (χ0v) is 15.7.